The maximum atomic E-state index is 12.4. The summed E-state index contributed by atoms with van der Waals surface area (Å²) in [5, 5.41) is 3.40. The molecule has 0 spiro atoms. The minimum Gasteiger partial charge on any atom is -0.495 e. The molecule has 0 aliphatic carbocycles. The Morgan fingerprint density at radius 1 is 1.45 bits per heavy atom. The van der Waals surface area contributed by atoms with Crippen LogP contribution in [-0.4, -0.2) is 26.1 Å². The first-order valence-corrected chi connectivity index (χ1v) is 7.38. The maximum Gasteiger partial charge on any atom is 0.282 e. The highest BCUT2D eigenvalue weighted by Crippen LogP contribution is 2.27. The van der Waals surface area contributed by atoms with Gasteiger partial charge in [-0.25, -0.2) is 0 Å². The fourth-order valence-electron chi connectivity index (χ4n) is 2.08. The molecule has 2 N–H and O–H groups in total. The lowest BCUT2D eigenvalue weighted by Crippen LogP contribution is -3.12. The molecule has 1 heterocycles. The molecule has 5 nitrogen and oxygen atoms in total. The highest BCUT2D eigenvalue weighted by Gasteiger charge is 2.23. The van der Waals surface area contributed by atoms with E-state index in [9.17, 15) is 4.79 Å². The van der Waals surface area contributed by atoms with Crippen LogP contribution in [0.4, 0.5) is 5.69 Å². The quantitative estimate of drug-likeness (QED) is 0.854. The van der Waals surface area contributed by atoms with Gasteiger partial charge in [-0.15, -0.1) is 0 Å². The molecule has 2 aromatic rings. The third-order valence-electron chi connectivity index (χ3n) is 3.59. The minimum atomic E-state index is -0.256. The molecule has 0 saturated carbocycles. The largest absolute Gasteiger partial charge is 0.495 e. The number of methoxy groups -OCH3 is 1. The molecule has 0 aliphatic heterocycles. The lowest BCUT2D eigenvalue weighted by molar-refractivity contribution is -0.908. The first-order valence-electron chi connectivity index (χ1n) is 7.00. The Morgan fingerprint density at radius 3 is 2.86 bits per heavy atom. The second kappa shape index (κ2) is 7.33. The number of likely N-dealkylation sites (N-methyl/N-ethyl adjacent to an activating group) is 1. The van der Waals surface area contributed by atoms with Crippen molar-refractivity contribution in [1.82, 2.24) is 0 Å². The van der Waals surface area contributed by atoms with Crippen molar-refractivity contribution in [2.45, 2.75) is 19.5 Å². The molecule has 1 aromatic carbocycles. The van der Waals surface area contributed by atoms with Crippen molar-refractivity contribution in [1.29, 1.82) is 0 Å². The van der Waals surface area contributed by atoms with Crippen LogP contribution in [0.15, 0.2) is 41.0 Å². The summed E-state index contributed by atoms with van der Waals surface area (Å²) in [5.74, 6) is 1.32. The number of ether oxygens (including phenoxy) is 1. The second-order valence-electron chi connectivity index (χ2n) is 5.16. The van der Waals surface area contributed by atoms with E-state index in [4.69, 9.17) is 20.8 Å². The molecule has 1 amide bonds. The smallest absolute Gasteiger partial charge is 0.282 e. The molecule has 0 saturated heterocycles. The van der Waals surface area contributed by atoms with E-state index in [1.165, 1.54) is 0 Å². The number of hydrogen-bond acceptors (Lipinski definition) is 3. The molecule has 1 aromatic heterocycles. The van der Waals surface area contributed by atoms with Crippen LogP contribution >= 0.6 is 11.6 Å². The summed E-state index contributed by atoms with van der Waals surface area (Å²) >= 11 is 5.97. The van der Waals surface area contributed by atoms with Crippen LogP contribution in [-0.2, 0) is 11.3 Å². The van der Waals surface area contributed by atoms with Crippen LogP contribution in [0, 0.1) is 0 Å². The topological polar surface area (TPSA) is 55.9 Å². The van der Waals surface area contributed by atoms with Gasteiger partial charge in [0, 0.05) is 5.02 Å². The van der Waals surface area contributed by atoms with Gasteiger partial charge in [-0.2, -0.15) is 0 Å². The second-order valence-corrected chi connectivity index (χ2v) is 5.59. The highest BCUT2D eigenvalue weighted by molar-refractivity contribution is 6.31. The Balaban J connectivity index is 2.03. The molecule has 6 heteroatoms. The fraction of sp³-hybridized carbons (Fsp3) is 0.312. The molecule has 0 aliphatic rings. The van der Waals surface area contributed by atoms with Crippen molar-refractivity contribution in [3.8, 4) is 5.75 Å². The Kier molecular flexibility index (Phi) is 5.46. The third-order valence-corrected chi connectivity index (χ3v) is 3.82. The zero-order valence-electron chi connectivity index (χ0n) is 12.9. The van der Waals surface area contributed by atoms with Crippen LogP contribution in [0.2, 0.25) is 5.02 Å². The van der Waals surface area contributed by atoms with Gasteiger partial charge < -0.3 is 19.4 Å². The van der Waals surface area contributed by atoms with Gasteiger partial charge in [-0.3, -0.25) is 4.79 Å². The molecule has 2 rings (SSSR count). The summed E-state index contributed by atoms with van der Waals surface area (Å²) in [4.78, 5) is 13.4. The van der Waals surface area contributed by atoms with Gasteiger partial charge in [0.15, 0.2) is 11.8 Å². The Morgan fingerprint density at radius 2 is 2.23 bits per heavy atom. The number of hydrogen-bond donors (Lipinski definition) is 2. The molecule has 118 valence electrons. The van der Waals surface area contributed by atoms with Crippen LogP contribution in [0.5, 0.6) is 5.75 Å². The van der Waals surface area contributed by atoms with Crippen LogP contribution < -0.4 is 15.0 Å². The SMILES string of the molecule is COc1ccc(Cl)cc1NC(=O)[C@H](C)[NH+](C)Cc1ccco1. The summed E-state index contributed by atoms with van der Waals surface area (Å²) in [6.45, 7) is 2.50. The number of furan rings is 1. The van der Waals surface area contributed by atoms with E-state index in [0.29, 0.717) is 23.0 Å². The molecule has 2 atom stereocenters. The number of rotatable bonds is 6. The predicted molar refractivity (Wildman–Crippen MR) is 85.4 cm³/mol. The van der Waals surface area contributed by atoms with E-state index >= 15 is 0 Å². The normalized spacial score (nSPS) is 13.5. The Hall–Kier alpha value is -1.98. The predicted octanol–water partition coefficient (Wildman–Crippen LogP) is 1.98. The van der Waals surface area contributed by atoms with Crippen LogP contribution in [0.1, 0.15) is 12.7 Å². The summed E-state index contributed by atoms with van der Waals surface area (Å²) < 4.78 is 10.5. The summed E-state index contributed by atoms with van der Waals surface area (Å²) in [7, 11) is 3.50. The van der Waals surface area contributed by atoms with Gasteiger partial charge in [0.1, 0.15) is 12.3 Å². The number of carbonyl (C=O) groups excluding carboxylic acids is 1. The zero-order valence-corrected chi connectivity index (χ0v) is 13.6. The number of quaternary nitrogens is 1. The molecule has 0 fully saturated rings. The van der Waals surface area contributed by atoms with Crippen LogP contribution in [0.3, 0.4) is 0 Å². The number of benzene rings is 1. The van der Waals surface area contributed by atoms with E-state index in [-0.39, 0.29) is 11.9 Å². The monoisotopic (exact) mass is 323 g/mol. The molecular weight excluding hydrogens is 304 g/mol. The molecule has 1 unspecified atom stereocenters. The molecule has 22 heavy (non-hydrogen) atoms. The highest BCUT2D eigenvalue weighted by atomic mass is 35.5. The number of amides is 1. The van der Waals surface area contributed by atoms with Crippen molar-refractivity contribution >= 4 is 23.2 Å². The summed E-state index contributed by atoms with van der Waals surface area (Å²) in [6, 6.07) is 8.59. The van der Waals surface area contributed by atoms with E-state index in [1.54, 1.807) is 31.6 Å². The van der Waals surface area contributed by atoms with Gasteiger partial charge in [-0.1, -0.05) is 11.6 Å². The van der Waals surface area contributed by atoms with Crippen molar-refractivity contribution in [2.24, 2.45) is 0 Å². The first-order chi connectivity index (χ1) is 10.5. The van der Waals surface area contributed by atoms with Crippen molar-refractivity contribution in [2.75, 3.05) is 19.5 Å². The number of carbonyl (C=O) groups is 1. The Bertz CT molecular complexity index is 628. The standard InChI is InChI=1S/C16H19ClN2O3/c1-11(19(2)10-13-5-4-8-22-13)16(20)18-14-9-12(17)6-7-15(14)21-3/h4-9,11H,10H2,1-3H3,(H,18,20)/p+1/t11-/m0/s1. The number of nitrogens with one attached hydrogen (secondary N) is 2. The molecule has 0 radical (unpaired) electrons. The lowest BCUT2D eigenvalue weighted by Gasteiger charge is -2.20. The number of anilines is 1. The van der Waals surface area contributed by atoms with Gasteiger partial charge in [0.05, 0.1) is 26.1 Å². The minimum absolute atomic E-state index is 0.107. The van der Waals surface area contributed by atoms with Gasteiger partial charge in [0.25, 0.3) is 5.91 Å². The van der Waals surface area contributed by atoms with Gasteiger partial charge >= 0.3 is 0 Å². The van der Waals surface area contributed by atoms with Crippen molar-refractivity contribution in [3.05, 3.63) is 47.4 Å². The van der Waals surface area contributed by atoms with E-state index in [1.807, 2.05) is 26.1 Å². The average Bonchev–Trinajstić information content (AvgIpc) is 2.99. The average molecular weight is 324 g/mol. The summed E-state index contributed by atoms with van der Waals surface area (Å²) in [5.41, 5.74) is 0.567. The first kappa shape index (κ1) is 16.4. The molecular formula is C16H20ClN2O3+. The zero-order chi connectivity index (χ0) is 16.1. The fourth-order valence-corrected chi connectivity index (χ4v) is 2.26. The lowest BCUT2D eigenvalue weighted by atomic mass is 10.2. The Labute approximate surface area is 134 Å². The van der Waals surface area contributed by atoms with Crippen molar-refractivity contribution < 1.29 is 18.8 Å². The van der Waals surface area contributed by atoms with E-state index in [0.717, 1.165) is 10.7 Å². The maximum absolute atomic E-state index is 12.4. The van der Waals surface area contributed by atoms with Crippen LogP contribution in [0.25, 0.3) is 0 Å². The van der Waals surface area contributed by atoms with Gasteiger partial charge in [0.2, 0.25) is 0 Å². The summed E-state index contributed by atoms with van der Waals surface area (Å²) in [6.07, 6.45) is 1.63. The third kappa shape index (κ3) is 4.02. The van der Waals surface area contributed by atoms with E-state index in [2.05, 4.69) is 5.32 Å². The number of halogens is 1. The van der Waals surface area contributed by atoms with E-state index < -0.39 is 0 Å². The molecule has 0 bridgehead atoms. The van der Waals surface area contributed by atoms with Gasteiger partial charge in [-0.05, 0) is 37.3 Å². The van der Waals surface area contributed by atoms with Crippen molar-refractivity contribution in [3.63, 3.8) is 0 Å².